The van der Waals surface area contributed by atoms with Crippen molar-refractivity contribution in [2.24, 2.45) is 5.92 Å². The summed E-state index contributed by atoms with van der Waals surface area (Å²) in [5.74, 6) is 1.60. The lowest BCUT2D eigenvalue weighted by Gasteiger charge is -2.26. The molecule has 1 aromatic heterocycles. The molecular weight excluding hydrogens is 314 g/mol. The van der Waals surface area contributed by atoms with Crippen LogP contribution in [0, 0.1) is 5.92 Å². The predicted molar refractivity (Wildman–Crippen MR) is 97.7 cm³/mol. The highest BCUT2D eigenvalue weighted by atomic mass is 16.1. The molecule has 3 atom stereocenters. The molecule has 4 rings (SSSR count). The summed E-state index contributed by atoms with van der Waals surface area (Å²) >= 11 is 0. The van der Waals surface area contributed by atoms with Crippen LogP contribution in [0.4, 0.5) is 0 Å². The summed E-state index contributed by atoms with van der Waals surface area (Å²) in [5.41, 5.74) is 8.83. The monoisotopic (exact) mass is 341 g/mol. The summed E-state index contributed by atoms with van der Waals surface area (Å²) in [7, 11) is 0. The lowest BCUT2D eigenvalue weighted by Crippen LogP contribution is -2.37. The van der Waals surface area contributed by atoms with Gasteiger partial charge in [-0.25, -0.2) is 4.98 Å². The zero-order valence-corrected chi connectivity index (χ0v) is 14.8. The number of rotatable bonds is 5. The smallest absolute Gasteiger partial charge is 0.222 e. The molecule has 1 aliphatic heterocycles. The van der Waals surface area contributed by atoms with E-state index in [1.165, 1.54) is 25.7 Å². The zero-order chi connectivity index (χ0) is 17.2. The second-order valence-corrected chi connectivity index (χ2v) is 7.19. The maximum atomic E-state index is 12.4. The first-order chi connectivity index (χ1) is 12.3. The van der Waals surface area contributed by atoms with E-state index in [9.17, 15) is 4.79 Å². The number of benzene rings is 1. The van der Waals surface area contributed by atoms with Crippen LogP contribution in [-0.2, 0) is 17.9 Å². The minimum absolute atomic E-state index is 0.0974. The number of aromatic nitrogens is 2. The Morgan fingerprint density at radius 1 is 1.28 bits per heavy atom. The topological polar surface area (TPSA) is 71.0 Å². The van der Waals surface area contributed by atoms with E-state index >= 15 is 0 Å². The van der Waals surface area contributed by atoms with Gasteiger partial charge in [-0.15, -0.1) is 0 Å². The minimum atomic E-state index is 0.0974. The van der Waals surface area contributed by atoms with Gasteiger partial charge in [-0.2, -0.15) is 0 Å². The normalized spacial score (nSPS) is 25.9. The average Bonchev–Trinajstić information content (AvgIpc) is 3.21. The molecule has 134 valence electrons. The summed E-state index contributed by atoms with van der Waals surface area (Å²) in [6, 6.07) is 8.90. The molecule has 0 radical (unpaired) electrons. The van der Waals surface area contributed by atoms with Crippen LogP contribution < -0.4 is 16.2 Å². The minimum Gasteiger partial charge on any atom is -0.349 e. The molecule has 1 aliphatic carbocycles. The van der Waals surface area contributed by atoms with Crippen LogP contribution in [0.15, 0.2) is 24.3 Å². The van der Waals surface area contributed by atoms with Crippen LogP contribution in [0.3, 0.4) is 0 Å². The van der Waals surface area contributed by atoms with Crippen LogP contribution >= 0.6 is 0 Å². The summed E-state index contributed by atoms with van der Waals surface area (Å²) < 4.78 is 2.17. The second kappa shape index (κ2) is 7.14. The number of nitrogens with one attached hydrogen (secondary N) is 3. The standard InChI is InChI=1S/C19H27N5O/c1-2-24-17-10-6-5-9-15(17)21-18(24)12-20-19(25)11-16-13-7-3-4-8-14(13)22-23-16/h5-6,9-10,13-14,16,22-23H,2-4,7-8,11-12H2,1H3,(H,20,25). The van der Waals surface area contributed by atoms with E-state index in [1.807, 2.05) is 18.2 Å². The molecule has 3 unspecified atom stereocenters. The van der Waals surface area contributed by atoms with Gasteiger partial charge in [-0.05, 0) is 37.8 Å². The number of hydrogen-bond acceptors (Lipinski definition) is 4. The molecule has 3 N–H and O–H groups in total. The average molecular weight is 341 g/mol. The van der Waals surface area contributed by atoms with Gasteiger partial charge in [-0.3, -0.25) is 15.6 Å². The number of para-hydroxylation sites is 2. The number of carbonyl (C=O) groups excluding carboxylic acids is 1. The number of imidazole rings is 1. The van der Waals surface area contributed by atoms with Crippen LogP contribution in [0.2, 0.25) is 0 Å². The van der Waals surface area contributed by atoms with Gasteiger partial charge in [-0.1, -0.05) is 25.0 Å². The molecule has 2 heterocycles. The maximum Gasteiger partial charge on any atom is 0.222 e. The Hall–Kier alpha value is -1.92. The third-order valence-electron chi connectivity index (χ3n) is 5.69. The van der Waals surface area contributed by atoms with Crippen molar-refractivity contribution >= 4 is 16.9 Å². The molecule has 0 bridgehead atoms. The van der Waals surface area contributed by atoms with E-state index in [-0.39, 0.29) is 11.9 Å². The van der Waals surface area contributed by atoms with Crippen molar-refractivity contribution in [2.45, 2.75) is 64.2 Å². The van der Waals surface area contributed by atoms with Crippen molar-refractivity contribution in [3.8, 4) is 0 Å². The number of hydrogen-bond donors (Lipinski definition) is 3. The van der Waals surface area contributed by atoms with Crippen LogP contribution in [-0.4, -0.2) is 27.5 Å². The molecule has 2 aromatic rings. The molecule has 1 saturated heterocycles. The number of hydrazine groups is 1. The fourth-order valence-electron chi connectivity index (χ4n) is 4.41. The summed E-state index contributed by atoms with van der Waals surface area (Å²) in [5, 5.41) is 3.07. The maximum absolute atomic E-state index is 12.4. The first-order valence-corrected chi connectivity index (χ1v) is 9.48. The number of carbonyl (C=O) groups is 1. The van der Waals surface area contributed by atoms with Gasteiger partial charge < -0.3 is 9.88 Å². The number of nitrogens with zero attached hydrogens (tertiary/aromatic N) is 2. The van der Waals surface area contributed by atoms with Gasteiger partial charge in [0.25, 0.3) is 0 Å². The lowest BCUT2D eigenvalue weighted by atomic mass is 9.81. The fraction of sp³-hybridized carbons (Fsp3) is 0.579. The molecule has 0 spiro atoms. The van der Waals surface area contributed by atoms with E-state index in [2.05, 4.69) is 38.7 Å². The Labute approximate surface area is 148 Å². The molecule has 1 aromatic carbocycles. The highest BCUT2D eigenvalue weighted by Gasteiger charge is 2.37. The van der Waals surface area contributed by atoms with Crippen LogP contribution in [0.5, 0.6) is 0 Å². The van der Waals surface area contributed by atoms with Crippen molar-refractivity contribution in [3.05, 3.63) is 30.1 Å². The van der Waals surface area contributed by atoms with Gasteiger partial charge in [0.1, 0.15) is 5.82 Å². The van der Waals surface area contributed by atoms with Crippen molar-refractivity contribution in [3.63, 3.8) is 0 Å². The van der Waals surface area contributed by atoms with Crippen molar-refractivity contribution < 1.29 is 4.79 Å². The summed E-state index contributed by atoms with van der Waals surface area (Å²) in [4.78, 5) is 17.1. The molecule has 2 fully saturated rings. The Kier molecular flexibility index (Phi) is 4.72. The van der Waals surface area contributed by atoms with Gasteiger partial charge in [0.05, 0.1) is 17.6 Å². The fourth-order valence-corrected chi connectivity index (χ4v) is 4.41. The van der Waals surface area contributed by atoms with Crippen LogP contribution in [0.25, 0.3) is 11.0 Å². The number of aryl methyl sites for hydroxylation is 1. The Bertz CT molecular complexity index is 755. The molecule has 6 nitrogen and oxygen atoms in total. The zero-order valence-electron chi connectivity index (χ0n) is 14.8. The Morgan fingerprint density at radius 3 is 3.00 bits per heavy atom. The molecule has 25 heavy (non-hydrogen) atoms. The van der Waals surface area contributed by atoms with Crippen molar-refractivity contribution in [1.29, 1.82) is 0 Å². The molecule has 1 amide bonds. The van der Waals surface area contributed by atoms with E-state index < -0.39 is 0 Å². The lowest BCUT2D eigenvalue weighted by molar-refractivity contribution is -0.122. The molecule has 1 saturated carbocycles. The van der Waals surface area contributed by atoms with Gasteiger partial charge in [0.15, 0.2) is 0 Å². The first kappa shape index (κ1) is 16.5. The predicted octanol–water partition coefficient (Wildman–Crippen LogP) is 2.10. The Balaban J connectivity index is 1.37. The molecule has 2 aliphatic rings. The highest BCUT2D eigenvalue weighted by Crippen LogP contribution is 2.31. The third-order valence-corrected chi connectivity index (χ3v) is 5.69. The number of amides is 1. The van der Waals surface area contributed by atoms with Crippen molar-refractivity contribution in [1.82, 2.24) is 25.7 Å². The summed E-state index contributed by atoms with van der Waals surface area (Å²) in [6.45, 7) is 3.44. The van der Waals surface area contributed by atoms with Gasteiger partial charge in [0, 0.05) is 25.0 Å². The highest BCUT2D eigenvalue weighted by molar-refractivity contribution is 5.78. The Morgan fingerprint density at radius 2 is 2.12 bits per heavy atom. The van der Waals surface area contributed by atoms with E-state index in [1.54, 1.807) is 0 Å². The molecular formula is C19H27N5O. The SMILES string of the molecule is CCn1c(CNC(=O)CC2NNC3CCCCC32)nc2ccccc21. The summed E-state index contributed by atoms with van der Waals surface area (Å²) in [6.07, 6.45) is 5.54. The van der Waals surface area contributed by atoms with Crippen LogP contribution in [0.1, 0.15) is 44.9 Å². The molecule has 6 heteroatoms. The third kappa shape index (κ3) is 3.28. The quantitative estimate of drug-likeness (QED) is 0.779. The largest absolute Gasteiger partial charge is 0.349 e. The van der Waals surface area contributed by atoms with Gasteiger partial charge >= 0.3 is 0 Å². The number of fused-ring (bicyclic) bond motifs is 2. The van der Waals surface area contributed by atoms with Crippen molar-refractivity contribution in [2.75, 3.05) is 0 Å². The van der Waals surface area contributed by atoms with E-state index in [0.29, 0.717) is 24.9 Å². The van der Waals surface area contributed by atoms with E-state index in [0.717, 1.165) is 23.4 Å². The second-order valence-electron chi connectivity index (χ2n) is 7.19. The van der Waals surface area contributed by atoms with Gasteiger partial charge in [0.2, 0.25) is 5.91 Å². The van der Waals surface area contributed by atoms with E-state index in [4.69, 9.17) is 0 Å². The first-order valence-electron chi connectivity index (χ1n) is 9.48.